The lowest BCUT2D eigenvalue weighted by Gasteiger charge is -2.36. The molecule has 1 aliphatic heterocycles. The number of carbonyl (C=O) groups is 2. The topological polar surface area (TPSA) is 68.3 Å². The van der Waals surface area contributed by atoms with Gasteiger partial charge in [0.25, 0.3) is 5.91 Å². The van der Waals surface area contributed by atoms with Crippen molar-refractivity contribution in [2.45, 2.75) is 25.3 Å². The van der Waals surface area contributed by atoms with Crippen LogP contribution in [0.1, 0.15) is 35.5 Å². The fraction of sp³-hybridized carbons (Fsp3) is 0.208. The lowest BCUT2D eigenvalue weighted by Crippen LogP contribution is -2.50. The number of hydrogen-bond donors (Lipinski definition) is 1. The van der Waals surface area contributed by atoms with Gasteiger partial charge in [0, 0.05) is 23.7 Å². The van der Waals surface area contributed by atoms with Gasteiger partial charge >= 0.3 is 5.97 Å². The summed E-state index contributed by atoms with van der Waals surface area (Å²) in [5.41, 5.74) is 1.01. The van der Waals surface area contributed by atoms with Crippen LogP contribution < -0.4 is 10.1 Å². The van der Waals surface area contributed by atoms with Crippen LogP contribution in [0.25, 0.3) is 0 Å². The molecule has 1 N–H and O–H groups in total. The number of para-hydroxylation sites is 1. The molecule has 0 saturated heterocycles. The number of carbonyl (C=O) groups excluding carboxylic acids is 2. The van der Waals surface area contributed by atoms with Crippen LogP contribution >= 0.6 is 0 Å². The molecular weight excluding hydrogens is 364 g/mol. The van der Waals surface area contributed by atoms with Crippen molar-refractivity contribution in [2.24, 2.45) is 5.92 Å². The Labute approximate surface area is 169 Å². The largest absolute Gasteiger partial charge is 0.425 e. The molecule has 1 aliphatic rings. The van der Waals surface area contributed by atoms with Crippen molar-refractivity contribution in [1.82, 2.24) is 10.3 Å². The zero-order valence-electron chi connectivity index (χ0n) is 16.3. The molecule has 146 valence electrons. The Kier molecular flexibility index (Phi) is 4.89. The second-order valence-electron chi connectivity index (χ2n) is 7.33. The van der Waals surface area contributed by atoms with Crippen LogP contribution in [0.3, 0.4) is 0 Å². The van der Waals surface area contributed by atoms with E-state index in [-0.39, 0.29) is 23.8 Å². The van der Waals surface area contributed by atoms with Crippen LogP contribution in [0.4, 0.5) is 0 Å². The summed E-state index contributed by atoms with van der Waals surface area (Å²) in [6.45, 7) is 3.88. The van der Waals surface area contributed by atoms with Crippen molar-refractivity contribution in [1.29, 1.82) is 0 Å². The number of amides is 1. The van der Waals surface area contributed by atoms with Gasteiger partial charge < -0.3 is 10.1 Å². The highest BCUT2D eigenvalue weighted by Crippen LogP contribution is 2.49. The van der Waals surface area contributed by atoms with Crippen molar-refractivity contribution in [3.8, 4) is 5.75 Å². The van der Waals surface area contributed by atoms with E-state index in [2.05, 4.69) is 10.3 Å². The van der Waals surface area contributed by atoms with E-state index in [1.165, 1.54) is 0 Å². The molecular formula is C24H22N2O3. The number of rotatable bonds is 5. The first kappa shape index (κ1) is 18.9. The molecule has 1 aromatic heterocycles. The lowest BCUT2D eigenvalue weighted by molar-refractivity contribution is -0.138. The zero-order valence-corrected chi connectivity index (χ0v) is 16.3. The normalized spacial score (nSPS) is 19.7. The summed E-state index contributed by atoms with van der Waals surface area (Å²) in [7, 11) is 0. The first-order valence-electron chi connectivity index (χ1n) is 9.64. The molecule has 0 bridgehead atoms. The minimum atomic E-state index is -1.01. The van der Waals surface area contributed by atoms with Gasteiger partial charge in [0.05, 0.1) is 0 Å². The number of hydrogen-bond acceptors (Lipinski definition) is 4. The summed E-state index contributed by atoms with van der Waals surface area (Å²) in [5.74, 6) is -0.297. The van der Waals surface area contributed by atoms with E-state index in [4.69, 9.17) is 4.74 Å². The minimum absolute atomic E-state index is 0.270. The number of ether oxygens (including phenoxy) is 1. The van der Waals surface area contributed by atoms with Crippen molar-refractivity contribution >= 4 is 11.9 Å². The summed E-state index contributed by atoms with van der Waals surface area (Å²) < 4.78 is 5.67. The maximum absolute atomic E-state index is 13.3. The van der Waals surface area contributed by atoms with Gasteiger partial charge in [-0.3, -0.25) is 14.6 Å². The average molecular weight is 386 g/mol. The van der Waals surface area contributed by atoms with Crippen LogP contribution in [0.15, 0.2) is 79.0 Å². The molecule has 2 aromatic carbocycles. The number of nitrogens with one attached hydrogen (secondary N) is 1. The van der Waals surface area contributed by atoms with E-state index in [0.29, 0.717) is 11.4 Å². The molecule has 0 fully saturated rings. The third-order valence-corrected chi connectivity index (χ3v) is 5.75. The third-order valence-electron chi connectivity index (χ3n) is 5.75. The summed E-state index contributed by atoms with van der Waals surface area (Å²) in [6, 6.07) is 22.0. The molecule has 3 atom stereocenters. The standard InChI is InChI=1S/C24H22N2O3/c1-16(17(2)26-22(27)20-13-8-9-15-25-20)24(18-10-4-3-5-11-18)19-12-6-7-14-21(19)29-23(24)28/h3-17H,1-2H3,(H,26,27)/t16-,17-,24-/m0/s1. The molecule has 0 saturated carbocycles. The van der Waals surface area contributed by atoms with E-state index in [0.717, 1.165) is 11.1 Å². The molecule has 5 nitrogen and oxygen atoms in total. The van der Waals surface area contributed by atoms with Gasteiger partial charge in [-0.15, -0.1) is 0 Å². The monoisotopic (exact) mass is 386 g/mol. The van der Waals surface area contributed by atoms with E-state index in [9.17, 15) is 9.59 Å². The molecule has 3 aromatic rings. The van der Waals surface area contributed by atoms with Gasteiger partial charge in [0.2, 0.25) is 0 Å². The predicted octanol–water partition coefficient (Wildman–Crippen LogP) is 3.74. The second kappa shape index (κ2) is 7.51. The number of benzene rings is 2. The Morgan fingerprint density at radius 1 is 0.966 bits per heavy atom. The fourth-order valence-corrected chi connectivity index (χ4v) is 4.12. The average Bonchev–Trinajstić information content (AvgIpc) is 3.06. The number of nitrogens with zero attached hydrogens (tertiary/aromatic N) is 1. The van der Waals surface area contributed by atoms with Crippen molar-refractivity contribution < 1.29 is 14.3 Å². The Morgan fingerprint density at radius 3 is 2.38 bits per heavy atom. The highest BCUT2D eigenvalue weighted by Gasteiger charge is 2.55. The molecule has 0 unspecified atom stereocenters. The van der Waals surface area contributed by atoms with Gasteiger partial charge in [-0.1, -0.05) is 61.5 Å². The smallest absolute Gasteiger partial charge is 0.326 e. The molecule has 0 radical (unpaired) electrons. The highest BCUT2D eigenvalue weighted by molar-refractivity contribution is 5.95. The third kappa shape index (κ3) is 3.09. The van der Waals surface area contributed by atoms with E-state index >= 15 is 0 Å². The van der Waals surface area contributed by atoms with Crippen molar-refractivity contribution in [3.63, 3.8) is 0 Å². The van der Waals surface area contributed by atoms with Crippen LogP contribution in [0, 0.1) is 5.92 Å². The van der Waals surface area contributed by atoms with Gasteiger partial charge in [0.15, 0.2) is 0 Å². The predicted molar refractivity (Wildman–Crippen MR) is 110 cm³/mol. The van der Waals surface area contributed by atoms with Crippen LogP contribution in [-0.4, -0.2) is 22.9 Å². The van der Waals surface area contributed by atoms with Gasteiger partial charge in [-0.2, -0.15) is 0 Å². The molecule has 0 spiro atoms. The first-order chi connectivity index (χ1) is 14.0. The maximum Gasteiger partial charge on any atom is 0.326 e. The van der Waals surface area contributed by atoms with Crippen LogP contribution in [0.2, 0.25) is 0 Å². The number of fused-ring (bicyclic) bond motifs is 1. The summed E-state index contributed by atoms with van der Waals surface area (Å²) in [4.78, 5) is 30.1. The van der Waals surface area contributed by atoms with Crippen LogP contribution in [0.5, 0.6) is 5.75 Å². The summed E-state index contributed by atoms with van der Waals surface area (Å²) in [6.07, 6.45) is 1.58. The molecule has 0 aliphatic carbocycles. The van der Waals surface area contributed by atoms with Gasteiger partial charge in [0.1, 0.15) is 16.9 Å². The minimum Gasteiger partial charge on any atom is -0.425 e. The van der Waals surface area contributed by atoms with Crippen molar-refractivity contribution in [3.05, 3.63) is 95.8 Å². The fourth-order valence-electron chi connectivity index (χ4n) is 4.12. The van der Waals surface area contributed by atoms with E-state index in [1.807, 2.05) is 68.4 Å². The maximum atomic E-state index is 13.3. The molecule has 2 heterocycles. The molecule has 4 rings (SSSR count). The summed E-state index contributed by atoms with van der Waals surface area (Å²) >= 11 is 0. The zero-order chi connectivity index (χ0) is 20.4. The van der Waals surface area contributed by atoms with Crippen molar-refractivity contribution in [2.75, 3.05) is 0 Å². The van der Waals surface area contributed by atoms with Gasteiger partial charge in [-0.25, -0.2) is 0 Å². The quantitative estimate of drug-likeness (QED) is 0.536. The Bertz CT molecular complexity index is 1040. The van der Waals surface area contributed by atoms with E-state index < -0.39 is 5.41 Å². The number of pyridine rings is 1. The molecule has 29 heavy (non-hydrogen) atoms. The van der Waals surface area contributed by atoms with E-state index in [1.54, 1.807) is 24.4 Å². The molecule has 5 heteroatoms. The number of esters is 1. The molecule has 1 amide bonds. The Hall–Kier alpha value is -3.47. The van der Waals surface area contributed by atoms with Gasteiger partial charge in [-0.05, 0) is 30.7 Å². The highest BCUT2D eigenvalue weighted by atomic mass is 16.5. The second-order valence-corrected chi connectivity index (χ2v) is 7.33. The lowest BCUT2D eigenvalue weighted by atomic mass is 9.65. The van der Waals surface area contributed by atoms with Crippen LogP contribution in [-0.2, 0) is 10.2 Å². The Balaban J connectivity index is 1.75. The Morgan fingerprint density at radius 2 is 1.66 bits per heavy atom. The first-order valence-corrected chi connectivity index (χ1v) is 9.64. The number of aromatic nitrogens is 1. The summed E-state index contributed by atoms with van der Waals surface area (Å²) in [5, 5.41) is 3.01. The SMILES string of the molecule is C[C@H](NC(=O)c1ccccn1)[C@H](C)[C@@]1(c2ccccc2)C(=O)Oc2ccccc21.